The van der Waals surface area contributed by atoms with Gasteiger partial charge in [0.05, 0.1) is 0 Å². The molecule has 3 aromatic rings. The minimum Gasteiger partial charge on any atom is -0.486 e. The molecule has 5 heteroatoms. The Bertz CT molecular complexity index is 1280. The lowest BCUT2D eigenvalue weighted by atomic mass is 9.76. The number of halogens is 4. The van der Waals surface area contributed by atoms with Gasteiger partial charge in [-0.2, -0.15) is 4.39 Å². The van der Waals surface area contributed by atoms with Crippen LogP contribution in [0.5, 0.6) is 5.75 Å². The lowest BCUT2D eigenvalue weighted by Gasteiger charge is -2.29. The Morgan fingerprint density at radius 2 is 1.24 bits per heavy atom. The van der Waals surface area contributed by atoms with Gasteiger partial charge in [0.25, 0.3) is 0 Å². The predicted molar refractivity (Wildman–Crippen MR) is 160 cm³/mol. The number of hydrogen-bond acceptors (Lipinski definition) is 1. The van der Waals surface area contributed by atoms with E-state index >= 15 is 8.78 Å². The molecule has 0 saturated heterocycles. The lowest BCUT2D eigenvalue weighted by Crippen LogP contribution is -2.15. The quantitative estimate of drug-likeness (QED) is 0.107. The van der Waals surface area contributed by atoms with Gasteiger partial charge in [-0.3, -0.25) is 0 Å². The van der Waals surface area contributed by atoms with Crippen molar-refractivity contribution < 1.29 is 22.3 Å². The maximum atomic E-state index is 15.3. The fraction of sp³-hybridized carbons (Fsp3) is 0.444. The van der Waals surface area contributed by atoms with Crippen molar-refractivity contribution in [3.05, 3.63) is 90.0 Å². The van der Waals surface area contributed by atoms with E-state index in [0.29, 0.717) is 22.6 Å². The van der Waals surface area contributed by atoms with Crippen molar-refractivity contribution in [2.24, 2.45) is 5.92 Å². The maximum Gasteiger partial charge on any atom is 0.201 e. The van der Waals surface area contributed by atoms with Crippen LogP contribution in [0, 0.1) is 29.2 Å². The minimum atomic E-state index is -1.08. The van der Waals surface area contributed by atoms with E-state index in [2.05, 4.69) is 13.5 Å². The van der Waals surface area contributed by atoms with Gasteiger partial charge in [0.15, 0.2) is 23.2 Å². The molecule has 3 aromatic carbocycles. The standard InChI is InChI=1S/C36H42F4O/c1-3-5-6-7-8-9-10-11-25-12-14-26(15-13-25)29-20-21-30(34(38)33(29)37)27-16-18-28(19-17-27)31-22-23-32(41-24-4-2)36(40)35(31)39/h4,16-23,25-26H,2-3,5-15,24H2,1H3. The normalized spacial score (nSPS) is 17.0. The third-order valence-corrected chi connectivity index (χ3v) is 8.53. The van der Waals surface area contributed by atoms with Gasteiger partial charge in [0, 0.05) is 11.1 Å². The molecule has 0 N–H and O–H groups in total. The Labute approximate surface area is 242 Å². The van der Waals surface area contributed by atoms with Gasteiger partial charge in [0.1, 0.15) is 6.61 Å². The highest BCUT2D eigenvalue weighted by Gasteiger charge is 2.26. The van der Waals surface area contributed by atoms with Crippen molar-refractivity contribution in [2.45, 2.75) is 89.9 Å². The average Bonchev–Trinajstić information content (AvgIpc) is 2.99. The summed E-state index contributed by atoms with van der Waals surface area (Å²) in [6.07, 6.45) is 15.8. The smallest absolute Gasteiger partial charge is 0.201 e. The van der Waals surface area contributed by atoms with E-state index in [1.54, 1.807) is 36.4 Å². The van der Waals surface area contributed by atoms with Crippen molar-refractivity contribution >= 4 is 0 Å². The highest BCUT2D eigenvalue weighted by molar-refractivity contribution is 5.72. The average molecular weight is 567 g/mol. The fourth-order valence-electron chi connectivity index (χ4n) is 6.10. The molecule has 0 aliphatic heterocycles. The molecule has 220 valence electrons. The summed E-state index contributed by atoms with van der Waals surface area (Å²) in [7, 11) is 0. The van der Waals surface area contributed by atoms with E-state index in [0.717, 1.165) is 25.7 Å². The SMILES string of the molecule is C=CCOc1ccc(-c2ccc(-c3ccc(C4CCC(CCCCCCCCC)CC4)c(F)c3F)cc2)c(F)c1F. The monoisotopic (exact) mass is 566 g/mol. The molecule has 0 atom stereocenters. The van der Waals surface area contributed by atoms with Crippen LogP contribution in [-0.4, -0.2) is 6.61 Å². The van der Waals surface area contributed by atoms with Crippen molar-refractivity contribution in [3.63, 3.8) is 0 Å². The number of ether oxygens (including phenoxy) is 1. The van der Waals surface area contributed by atoms with E-state index in [-0.39, 0.29) is 29.4 Å². The topological polar surface area (TPSA) is 9.23 Å². The Kier molecular flexibility index (Phi) is 11.5. The first-order chi connectivity index (χ1) is 19.9. The van der Waals surface area contributed by atoms with Gasteiger partial charge >= 0.3 is 0 Å². The second kappa shape index (κ2) is 15.2. The van der Waals surface area contributed by atoms with Crippen LogP contribution in [0.2, 0.25) is 0 Å². The van der Waals surface area contributed by atoms with Crippen LogP contribution >= 0.6 is 0 Å². The Morgan fingerprint density at radius 3 is 1.85 bits per heavy atom. The summed E-state index contributed by atoms with van der Waals surface area (Å²) in [5.41, 5.74) is 1.58. The third-order valence-electron chi connectivity index (χ3n) is 8.53. The zero-order chi connectivity index (χ0) is 29.2. The van der Waals surface area contributed by atoms with Crippen LogP contribution in [0.1, 0.15) is 95.5 Å². The van der Waals surface area contributed by atoms with Gasteiger partial charge in [-0.1, -0.05) is 107 Å². The summed E-state index contributed by atoms with van der Waals surface area (Å²) in [6, 6.07) is 12.5. The van der Waals surface area contributed by atoms with E-state index < -0.39 is 23.3 Å². The van der Waals surface area contributed by atoms with Crippen LogP contribution in [0.3, 0.4) is 0 Å². The predicted octanol–water partition coefficient (Wildman–Crippen LogP) is 11.6. The second-order valence-electron chi connectivity index (χ2n) is 11.4. The molecule has 0 amide bonds. The maximum absolute atomic E-state index is 15.3. The molecule has 1 saturated carbocycles. The zero-order valence-electron chi connectivity index (χ0n) is 24.2. The Morgan fingerprint density at radius 1 is 0.683 bits per heavy atom. The molecule has 0 radical (unpaired) electrons. The molecule has 0 aromatic heterocycles. The summed E-state index contributed by atoms with van der Waals surface area (Å²) >= 11 is 0. The Balaban J connectivity index is 1.36. The zero-order valence-corrected chi connectivity index (χ0v) is 24.2. The fourth-order valence-corrected chi connectivity index (χ4v) is 6.10. The van der Waals surface area contributed by atoms with Crippen molar-refractivity contribution in [1.82, 2.24) is 0 Å². The third kappa shape index (κ3) is 7.81. The van der Waals surface area contributed by atoms with Crippen molar-refractivity contribution in [3.8, 4) is 28.0 Å². The highest BCUT2D eigenvalue weighted by atomic mass is 19.2. The summed E-state index contributed by atoms with van der Waals surface area (Å²) in [5, 5.41) is 0. The van der Waals surface area contributed by atoms with E-state index in [9.17, 15) is 8.78 Å². The first kappa shape index (κ1) is 30.9. The van der Waals surface area contributed by atoms with E-state index in [1.165, 1.54) is 69.6 Å². The molecule has 0 heterocycles. The lowest BCUT2D eigenvalue weighted by molar-refractivity contribution is 0.297. The molecule has 41 heavy (non-hydrogen) atoms. The molecule has 1 aliphatic carbocycles. The van der Waals surface area contributed by atoms with Gasteiger partial charge in [-0.15, -0.1) is 0 Å². The molecule has 0 unspecified atom stereocenters. The first-order valence-electron chi connectivity index (χ1n) is 15.2. The molecule has 0 spiro atoms. The van der Waals surface area contributed by atoms with Crippen molar-refractivity contribution in [2.75, 3.05) is 6.61 Å². The van der Waals surface area contributed by atoms with Crippen LogP contribution in [-0.2, 0) is 0 Å². The highest BCUT2D eigenvalue weighted by Crippen LogP contribution is 2.40. The molecule has 4 rings (SSSR count). The van der Waals surface area contributed by atoms with Gasteiger partial charge < -0.3 is 4.74 Å². The first-order valence-corrected chi connectivity index (χ1v) is 15.2. The summed E-state index contributed by atoms with van der Waals surface area (Å²) in [4.78, 5) is 0. The summed E-state index contributed by atoms with van der Waals surface area (Å²) < 4.78 is 64.8. The Hall–Kier alpha value is -3.08. The van der Waals surface area contributed by atoms with Crippen LogP contribution in [0.25, 0.3) is 22.3 Å². The van der Waals surface area contributed by atoms with Crippen LogP contribution < -0.4 is 4.74 Å². The molecule has 0 bridgehead atoms. The second-order valence-corrected chi connectivity index (χ2v) is 11.4. The minimum absolute atomic E-state index is 0.0440. The van der Waals surface area contributed by atoms with Gasteiger partial charge in [-0.25, -0.2) is 13.2 Å². The molecule has 1 nitrogen and oxygen atoms in total. The molecule has 1 fully saturated rings. The van der Waals surface area contributed by atoms with E-state index in [1.807, 2.05) is 0 Å². The molecular weight excluding hydrogens is 524 g/mol. The molecular formula is C36H42F4O. The number of rotatable bonds is 14. The largest absolute Gasteiger partial charge is 0.486 e. The van der Waals surface area contributed by atoms with Crippen LogP contribution in [0.4, 0.5) is 17.6 Å². The number of hydrogen-bond donors (Lipinski definition) is 0. The molecule has 1 aliphatic rings. The van der Waals surface area contributed by atoms with Gasteiger partial charge in [0.2, 0.25) is 5.82 Å². The summed E-state index contributed by atoms with van der Waals surface area (Å²) in [5.74, 6) is -3.19. The van der Waals surface area contributed by atoms with Crippen LogP contribution in [0.15, 0.2) is 61.2 Å². The number of unbranched alkanes of at least 4 members (excludes halogenated alkanes) is 6. The van der Waals surface area contributed by atoms with Crippen molar-refractivity contribution in [1.29, 1.82) is 0 Å². The van der Waals surface area contributed by atoms with Gasteiger partial charge in [-0.05, 0) is 66.3 Å². The number of benzene rings is 3. The van der Waals surface area contributed by atoms with E-state index in [4.69, 9.17) is 4.74 Å². The summed E-state index contributed by atoms with van der Waals surface area (Å²) in [6.45, 7) is 5.80.